The Bertz CT molecular complexity index is 961. The Balaban J connectivity index is 1.52. The molecule has 3 rings (SSSR count). The second-order valence-electron chi connectivity index (χ2n) is 5.61. The molecule has 28 heavy (non-hydrogen) atoms. The molecule has 142 valence electrons. The molecule has 0 aliphatic heterocycles. The topological polar surface area (TPSA) is 75.6 Å². The summed E-state index contributed by atoms with van der Waals surface area (Å²) in [5, 5.41) is 7.57. The fourth-order valence-corrected chi connectivity index (χ4v) is 2.69. The minimum absolute atomic E-state index is 0.0317. The number of amides is 1. The lowest BCUT2D eigenvalue weighted by Gasteiger charge is -2.09. The van der Waals surface area contributed by atoms with Gasteiger partial charge in [-0.2, -0.15) is 5.10 Å². The summed E-state index contributed by atoms with van der Waals surface area (Å²) in [6.07, 6.45) is 4.27. The molecule has 0 aliphatic rings. The Morgan fingerprint density at radius 1 is 1.04 bits per heavy atom. The van der Waals surface area contributed by atoms with E-state index in [1.54, 1.807) is 6.07 Å². The van der Waals surface area contributed by atoms with Crippen LogP contribution in [-0.4, -0.2) is 23.7 Å². The van der Waals surface area contributed by atoms with E-state index in [0.29, 0.717) is 21.4 Å². The average Bonchev–Trinajstić information content (AvgIpc) is 2.70. The highest BCUT2D eigenvalue weighted by molar-refractivity contribution is 6.38. The van der Waals surface area contributed by atoms with E-state index in [-0.39, 0.29) is 12.5 Å². The number of para-hydroxylation sites is 1. The summed E-state index contributed by atoms with van der Waals surface area (Å²) in [6, 6.07) is 16.8. The first-order valence-corrected chi connectivity index (χ1v) is 9.05. The van der Waals surface area contributed by atoms with Crippen molar-refractivity contribution < 1.29 is 9.53 Å². The van der Waals surface area contributed by atoms with E-state index in [4.69, 9.17) is 27.9 Å². The summed E-state index contributed by atoms with van der Waals surface area (Å²) in [4.78, 5) is 15.8. The highest BCUT2D eigenvalue weighted by Crippen LogP contribution is 2.23. The van der Waals surface area contributed by atoms with Crippen LogP contribution in [0.1, 0.15) is 5.56 Å². The summed E-state index contributed by atoms with van der Waals surface area (Å²) in [6.45, 7) is 0.0317. The van der Waals surface area contributed by atoms with E-state index < -0.39 is 0 Å². The Kier molecular flexibility index (Phi) is 6.84. The maximum absolute atomic E-state index is 12.0. The molecule has 0 bridgehead atoms. The van der Waals surface area contributed by atoms with Gasteiger partial charge in [0.15, 0.2) is 0 Å². The number of benzene rings is 2. The standard InChI is InChI=1S/C20H16Cl2N4O2/c21-18-11-23-12-19(22)17(18)10-25-26-20(27)13-24-14-5-4-8-16(9-14)28-15-6-2-1-3-7-15/h1-12,24H,13H2,(H,26,27)/b25-10+. The third-order valence-electron chi connectivity index (χ3n) is 3.54. The summed E-state index contributed by atoms with van der Waals surface area (Å²) in [7, 11) is 0. The molecule has 1 aromatic heterocycles. The zero-order valence-electron chi connectivity index (χ0n) is 14.6. The van der Waals surface area contributed by atoms with Gasteiger partial charge in [-0.1, -0.05) is 47.5 Å². The SMILES string of the molecule is O=C(CNc1cccc(Oc2ccccc2)c1)N/N=C/c1c(Cl)cncc1Cl. The Morgan fingerprint density at radius 3 is 2.50 bits per heavy atom. The van der Waals surface area contributed by atoms with Crippen molar-refractivity contribution in [1.82, 2.24) is 10.4 Å². The lowest BCUT2D eigenvalue weighted by Crippen LogP contribution is -2.25. The Labute approximate surface area is 172 Å². The van der Waals surface area contributed by atoms with E-state index >= 15 is 0 Å². The third kappa shape index (κ3) is 5.70. The van der Waals surface area contributed by atoms with Crippen molar-refractivity contribution in [1.29, 1.82) is 0 Å². The van der Waals surface area contributed by atoms with Crippen LogP contribution in [0, 0.1) is 0 Å². The van der Waals surface area contributed by atoms with Gasteiger partial charge in [0.05, 0.1) is 22.8 Å². The molecule has 1 amide bonds. The van der Waals surface area contributed by atoms with Crippen LogP contribution in [0.25, 0.3) is 0 Å². The van der Waals surface area contributed by atoms with E-state index in [9.17, 15) is 4.79 Å². The van der Waals surface area contributed by atoms with Crippen LogP contribution >= 0.6 is 23.2 Å². The number of nitrogens with one attached hydrogen (secondary N) is 2. The van der Waals surface area contributed by atoms with Gasteiger partial charge < -0.3 is 10.1 Å². The van der Waals surface area contributed by atoms with Gasteiger partial charge in [-0.25, -0.2) is 5.43 Å². The molecule has 0 saturated carbocycles. The summed E-state index contributed by atoms with van der Waals surface area (Å²) < 4.78 is 5.77. The van der Waals surface area contributed by atoms with Crippen molar-refractivity contribution in [3.63, 3.8) is 0 Å². The summed E-state index contributed by atoms with van der Waals surface area (Å²) >= 11 is 12.0. The lowest BCUT2D eigenvalue weighted by molar-refractivity contribution is -0.119. The van der Waals surface area contributed by atoms with Gasteiger partial charge >= 0.3 is 0 Å². The molecule has 0 unspecified atom stereocenters. The number of anilines is 1. The van der Waals surface area contributed by atoms with Crippen LogP contribution in [-0.2, 0) is 4.79 Å². The minimum Gasteiger partial charge on any atom is -0.457 e. The molecular weight excluding hydrogens is 399 g/mol. The fraction of sp³-hybridized carbons (Fsp3) is 0.0500. The van der Waals surface area contributed by atoms with Crippen LogP contribution in [0.4, 0.5) is 5.69 Å². The second kappa shape index (κ2) is 9.73. The quantitative estimate of drug-likeness (QED) is 0.432. The number of hydrogen-bond acceptors (Lipinski definition) is 5. The molecule has 8 heteroatoms. The molecular formula is C20H16Cl2N4O2. The van der Waals surface area contributed by atoms with Gasteiger partial charge in [-0.15, -0.1) is 0 Å². The van der Waals surface area contributed by atoms with Crippen LogP contribution in [0.5, 0.6) is 11.5 Å². The molecule has 2 N–H and O–H groups in total. The number of carbonyl (C=O) groups excluding carboxylic acids is 1. The van der Waals surface area contributed by atoms with E-state index in [2.05, 4.69) is 20.8 Å². The largest absolute Gasteiger partial charge is 0.457 e. The fourth-order valence-electron chi connectivity index (χ4n) is 2.23. The molecule has 0 atom stereocenters. The number of nitrogens with zero attached hydrogens (tertiary/aromatic N) is 2. The Morgan fingerprint density at radius 2 is 1.75 bits per heavy atom. The predicted molar refractivity (Wildman–Crippen MR) is 111 cm³/mol. The molecule has 0 aliphatic carbocycles. The van der Waals surface area contributed by atoms with Crippen LogP contribution < -0.4 is 15.5 Å². The van der Waals surface area contributed by atoms with Gasteiger partial charge in [0.1, 0.15) is 11.5 Å². The molecule has 0 saturated heterocycles. The van der Waals surface area contributed by atoms with Gasteiger partial charge in [-0.05, 0) is 24.3 Å². The van der Waals surface area contributed by atoms with Crippen molar-refractivity contribution in [3.05, 3.63) is 82.6 Å². The highest BCUT2D eigenvalue weighted by atomic mass is 35.5. The number of ether oxygens (including phenoxy) is 1. The lowest BCUT2D eigenvalue weighted by atomic mass is 10.3. The second-order valence-corrected chi connectivity index (χ2v) is 6.42. The van der Waals surface area contributed by atoms with Gasteiger partial charge in [0, 0.05) is 29.7 Å². The highest BCUT2D eigenvalue weighted by Gasteiger charge is 2.05. The van der Waals surface area contributed by atoms with Crippen molar-refractivity contribution in [2.75, 3.05) is 11.9 Å². The number of pyridine rings is 1. The van der Waals surface area contributed by atoms with Crippen LogP contribution in [0.15, 0.2) is 72.1 Å². The maximum atomic E-state index is 12.0. The number of hydrogen-bond donors (Lipinski definition) is 2. The van der Waals surface area contributed by atoms with E-state index in [1.807, 2.05) is 48.5 Å². The molecule has 0 radical (unpaired) electrons. The van der Waals surface area contributed by atoms with Crippen LogP contribution in [0.3, 0.4) is 0 Å². The molecule has 0 spiro atoms. The molecule has 1 heterocycles. The van der Waals surface area contributed by atoms with Crippen molar-refractivity contribution >= 4 is 41.0 Å². The monoisotopic (exact) mass is 414 g/mol. The third-order valence-corrected chi connectivity index (χ3v) is 4.14. The van der Waals surface area contributed by atoms with Gasteiger partial charge in [-0.3, -0.25) is 9.78 Å². The number of halogens is 2. The smallest absolute Gasteiger partial charge is 0.259 e. The summed E-state index contributed by atoms with van der Waals surface area (Å²) in [5.74, 6) is 1.07. The molecule has 0 fully saturated rings. The van der Waals surface area contributed by atoms with E-state index in [1.165, 1.54) is 18.6 Å². The van der Waals surface area contributed by atoms with Crippen molar-refractivity contribution in [3.8, 4) is 11.5 Å². The van der Waals surface area contributed by atoms with Gasteiger partial charge in [0.25, 0.3) is 5.91 Å². The maximum Gasteiger partial charge on any atom is 0.259 e. The first-order valence-electron chi connectivity index (χ1n) is 8.29. The number of rotatable bonds is 7. The first-order chi connectivity index (χ1) is 13.6. The predicted octanol–water partition coefficient (Wildman–Crippen LogP) is 4.74. The summed E-state index contributed by atoms with van der Waals surface area (Å²) in [5.41, 5.74) is 3.64. The molecule has 2 aromatic carbocycles. The van der Waals surface area contributed by atoms with E-state index in [0.717, 1.165) is 11.4 Å². The number of hydrazone groups is 1. The average molecular weight is 415 g/mol. The molecule has 3 aromatic rings. The first kappa shape index (κ1) is 19.7. The molecule has 6 nitrogen and oxygen atoms in total. The van der Waals surface area contributed by atoms with Crippen LogP contribution in [0.2, 0.25) is 10.0 Å². The van der Waals surface area contributed by atoms with Crippen molar-refractivity contribution in [2.24, 2.45) is 5.10 Å². The Hall–Kier alpha value is -3.09. The zero-order chi connectivity index (χ0) is 19.8. The van der Waals surface area contributed by atoms with Gasteiger partial charge in [0.2, 0.25) is 0 Å². The zero-order valence-corrected chi connectivity index (χ0v) is 16.1. The number of carbonyl (C=O) groups is 1. The normalized spacial score (nSPS) is 10.6. The van der Waals surface area contributed by atoms with Crippen molar-refractivity contribution in [2.45, 2.75) is 0 Å². The minimum atomic E-state index is -0.327. The number of aromatic nitrogens is 1.